The van der Waals surface area contributed by atoms with Crippen LogP contribution in [0.2, 0.25) is 0 Å². The highest BCUT2D eigenvalue weighted by Crippen LogP contribution is 2.28. The molecule has 1 unspecified atom stereocenters. The van der Waals surface area contributed by atoms with Crippen LogP contribution >= 0.6 is 43.2 Å². The molecule has 1 atom stereocenters. The summed E-state index contributed by atoms with van der Waals surface area (Å²) in [6.45, 7) is 2.17. The van der Waals surface area contributed by atoms with Gasteiger partial charge in [-0.05, 0) is 47.1 Å². The van der Waals surface area contributed by atoms with Crippen LogP contribution in [0, 0.1) is 0 Å². The average molecular weight is 361 g/mol. The summed E-state index contributed by atoms with van der Waals surface area (Å²) in [5.41, 5.74) is 1.13. The van der Waals surface area contributed by atoms with E-state index in [1.165, 1.54) is 4.88 Å². The molecule has 0 spiro atoms. The molecule has 84 valence electrons. The van der Waals surface area contributed by atoms with Gasteiger partial charge in [-0.1, -0.05) is 22.0 Å². The van der Waals surface area contributed by atoms with E-state index in [2.05, 4.69) is 67.7 Å². The predicted octanol–water partition coefficient (Wildman–Crippen LogP) is 5.45. The van der Waals surface area contributed by atoms with Crippen molar-refractivity contribution < 1.29 is 0 Å². The number of hydrogen-bond acceptors (Lipinski definition) is 2. The van der Waals surface area contributed by atoms with Gasteiger partial charge in [0, 0.05) is 24.9 Å². The first kappa shape index (κ1) is 12.1. The molecule has 1 aromatic carbocycles. The monoisotopic (exact) mass is 359 g/mol. The fraction of sp³-hybridized carbons (Fsp3) is 0.167. The number of rotatable bonds is 3. The van der Waals surface area contributed by atoms with E-state index in [-0.39, 0.29) is 0 Å². The predicted molar refractivity (Wildman–Crippen MR) is 78.2 cm³/mol. The van der Waals surface area contributed by atoms with Gasteiger partial charge in [0.2, 0.25) is 0 Å². The number of hydrogen-bond donors (Lipinski definition) is 1. The zero-order valence-electron chi connectivity index (χ0n) is 8.71. The van der Waals surface area contributed by atoms with Gasteiger partial charge in [0.1, 0.15) is 0 Å². The Morgan fingerprint density at radius 2 is 2.00 bits per heavy atom. The Morgan fingerprint density at radius 1 is 1.19 bits per heavy atom. The Hall–Kier alpha value is -0.320. The molecular weight excluding hydrogens is 350 g/mol. The first-order valence-corrected chi connectivity index (χ1v) is 7.38. The smallest absolute Gasteiger partial charge is 0.0578 e. The van der Waals surface area contributed by atoms with Crippen LogP contribution in [0.5, 0.6) is 0 Å². The van der Waals surface area contributed by atoms with Crippen molar-refractivity contribution in [2.24, 2.45) is 0 Å². The first-order valence-electron chi connectivity index (χ1n) is 4.91. The van der Waals surface area contributed by atoms with Crippen molar-refractivity contribution in [3.8, 4) is 0 Å². The summed E-state index contributed by atoms with van der Waals surface area (Å²) < 4.78 is 2.24. The van der Waals surface area contributed by atoms with Crippen molar-refractivity contribution in [2.75, 3.05) is 5.32 Å². The maximum Gasteiger partial charge on any atom is 0.0578 e. The minimum absolute atomic E-state index is 0.325. The molecular formula is C12H11Br2NS. The fourth-order valence-electron chi connectivity index (χ4n) is 1.45. The van der Waals surface area contributed by atoms with Crippen LogP contribution in [0.15, 0.2) is 44.7 Å². The number of thiophene rings is 1. The molecule has 0 amide bonds. The third kappa shape index (κ3) is 3.09. The van der Waals surface area contributed by atoms with E-state index >= 15 is 0 Å². The second-order valence-electron chi connectivity index (χ2n) is 3.54. The summed E-state index contributed by atoms with van der Waals surface area (Å²) >= 11 is 8.70. The molecule has 2 aromatic rings. The van der Waals surface area contributed by atoms with Gasteiger partial charge in [-0.25, -0.2) is 0 Å². The van der Waals surface area contributed by atoms with Crippen molar-refractivity contribution in [1.29, 1.82) is 0 Å². The fourth-order valence-corrected chi connectivity index (χ4v) is 3.31. The van der Waals surface area contributed by atoms with Crippen LogP contribution < -0.4 is 5.32 Å². The van der Waals surface area contributed by atoms with E-state index in [4.69, 9.17) is 0 Å². The van der Waals surface area contributed by atoms with E-state index in [1.807, 2.05) is 12.1 Å². The molecule has 1 heterocycles. The van der Waals surface area contributed by atoms with Gasteiger partial charge in [0.25, 0.3) is 0 Å². The molecule has 16 heavy (non-hydrogen) atoms. The van der Waals surface area contributed by atoms with Crippen molar-refractivity contribution in [3.05, 3.63) is 49.5 Å². The molecule has 0 aliphatic heterocycles. The quantitative estimate of drug-likeness (QED) is 0.767. The Labute approximate surface area is 116 Å². The van der Waals surface area contributed by atoms with E-state index in [0.29, 0.717) is 6.04 Å². The van der Waals surface area contributed by atoms with Crippen molar-refractivity contribution in [1.82, 2.24) is 0 Å². The van der Waals surface area contributed by atoms with Crippen LogP contribution in [0.3, 0.4) is 0 Å². The number of benzene rings is 1. The van der Waals surface area contributed by atoms with Crippen molar-refractivity contribution >= 4 is 48.9 Å². The summed E-state index contributed by atoms with van der Waals surface area (Å²) in [5, 5.41) is 5.58. The molecule has 4 heteroatoms. The van der Waals surface area contributed by atoms with Crippen LogP contribution in [0.4, 0.5) is 5.69 Å². The number of nitrogens with one attached hydrogen (secondary N) is 1. The minimum atomic E-state index is 0.325. The van der Waals surface area contributed by atoms with Crippen molar-refractivity contribution in [2.45, 2.75) is 13.0 Å². The van der Waals surface area contributed by atoms with Crippen LogP contribution in [0.25, 0.3) is 0 Å². The largest absolute Gasteiger partial charge is 0.378 e. The van der Waals surface area contributed by atoms with E-state index < -0.39 is 0 Å². The Bertz CT molecular complexity index is 481. The highest BCUT2D eigenvalue weighted by molar-refractivity contribution is 9.10. The van der Waals surface area contributed by atoms with Gasteiger partial charge < -0.3 is 5.32 Å². The molecule has 0 saturated heterocycles. The standard InChI is InChI=1S/C12H11Br2NS/c1-8(12-6-10(14)7-16-12)15-11-4-2-3-9(13)5-11/h2-8,15H,1H3. The van der Waals surface area contributed by atoms with Gasteiger partial charge in [-0.2, -0.15) is 0 Å². The third-order valence-corrected chi connectivity index (χ3v) is 4.59. The second kappa shape index (κ2) is 5.34. The second-order valence-corrected chi connectivity index (χ2v) is 6.32. The summed E-state index contributed by atoms with van der Waals surface area (Å²) in [6, 6.07) is 10.7. The highest BCUT2D eigenvalue weighted by atomic mass is 79.9. The summed E-state index contributed by atoms with van der Waals surface area (Å²) in [6.07, 6.45) is 0. The SMILES string of the molecule is CC(Nc1cccc(Br)c1)c1cc(Br)cs1. The van der Waals surface area contributed by atoms with Gasteiger partial charge in [-0.15, -0.1) is 11.3 Å². The Morgan fingerprint density at radius 3 is 2.62 bits per heavy atom. The van der Waals surface area contributed by atoms with Gasteiger partial charge in [-0.3, -0.25) is 0 Å². The Balaban J connectivity index is 2.10. The lowest BCUT2D eigenvalue weighted by Gasteiger charge is -2.13. The lowest BCUT2D eigenvalue weighted by Crippen LogP contribution is -2.04. The number of anilines is 1. The zero-order valence-corrected chi connectivity index (χ0v) is 12.7. The minimum Gasteiger partial charge on any atom is -0.378 e. The van der Waals surface area contributed by atoms with E-state index in [0.717, 1.165) is 14.6 Å². The molecule has 0 saturated carbocycles. The molecule has 2 rings (SSSR count). The summed E-state index contributed by atoms with van der Waals surface area (Å²) in [5.74, 6) is 0. The molecule has 0 aliphatic rings. The molecule has 0 aliphatic carbocycles. The molecule has 1 aromatic heterocycles. The Kier molecular flexibility index (Phi) is 4.05. The van der Waals surface area contributed by atoms with Crippen LogP contribution in [-0.4, -0.2) is 0 Å². The molecule has 1 nitrogen and oxygen atoms in total. The molecule has 0 bridgehead atoms. The maximum atomic E-state index is 3.47. The third-order valence-electron chi connectivity index (χ3n) is 2.22. The maximum absolute atomic E-state index is 3.47. The molecule has 0 radical (unpaired) electrons. The molecule has 0 fully saturated rings. The van der Waals surface area contributed by atoms with Gasteiger partial charge in [0.05, 0.1) is 6.04 Å². The topological polar surface area (TPSA) is 12.0 Å². The number of halogens is 2. The van der Waals surface area contributed by atoms with E-state index in [9.17, 15) is 0 Å². The average Bonchev–Trinajstić information content (AvgIpc) is 2.65. The van der Waals surface area contributed by atoms with Crippen LogP contribution in [0.1, 0.15) is 17.8 Å². The molecule has 1 N–H and O–H groups in total. The van der Waals surface area contributed by atoms with Gasteiger partial charge >= 0.3 is 0 Å². The normalized spacial score (nSPS) is 12.4. The van der Waals surface area contributed by atoms with Crippen LogP contribution in [-0.2, 0) is 0 Å². The summed E-state index contributed by atoms with van der Waals surface area (Å²) in [4.78, 5) is 1.33. The zero-order chi connectivity index (χ0) is 11.5. The lowest BCUT2D eigenvalue weighted by atomic mass is 10.2. The summed E-state index contributed by atoms with van der Waals surface area (Å²) in [7, 11) is 0. The first-order chi connectivity index (χ1) is 7.65. The van der Waals surface area contributed by atoms with Gasteiger partial charge in [0.15, 0.2) is 0 Å². The van der Waals surface area contributed by atoms with E-state index in [1.54, 1.807) is 11.3 Å². The van der Waals surface area contributed by atoms with Crippen molar-refractivity contribution in [3.63, 3.8) is 0 Å². The lowest BCUT2D eigenvalue weighted by molar-refractivity contribution is 0.907. The highest BCUT2D eigenvalue weighted by Gasteiger charge is 2.07.